The molecule has 24 heavy (non-hydrogen) atoms. The van der Waals surface area contributed by atoms with E-state index in [0.717, 1.165) is 36.0 Å². The number of benzene rings is 1. The Kier molecular flexibility index (Phi) is 6.12. The quantitative estimate of drug-likeness (QED) is 0.718. The van der Waals surface area contributed by atoms with Crippen molar-refractivity contribution in [3.8, 4) is 0 Å². The lowest BCUT2D eigenvalue weighted by Crippen LogP contribution is -2.08. The molecule has 0 spiro atoms. The van der Waals surface area contributed by atoms with Crippen LogP contribution in [0.2, 0.25) is 0 Å². The van der Waals surface area contributed by atoms with E-state index >= 15 is 0 Å². The molecule has 3 N–H and O–H groups in total. The molecule has 1 aromatic heterocycles. The van der Waals surface area contributed by atoms with E-state index in [2.05, 4.69) is 39.8 Å². The van der Waals surface area contributed by atoms with Gasteiger partial charge in [0.2, 0.25) is 5.91 Å². The topological polar surface area (TPSA) is 78.9 Å². The van der Waals surface area contributed by atoms with Crippen LogP contribution in [0.1, 0.15) is 33.0 Å². The highest BCUT2D eigenvalue weighted by Crippen LogP contribution is 2.19. The number of amides is 1. The number of rotatable bonds is 7. The molecule has 0 radical (unpaired) electrons. The number of nitrogens with one attached hydrogen (secondary N) is 3. The van der Waals surface area contributed by atoms with Gasteiger partial charge < -0.3 is 16.0 Å². The maximum absolute atomic E-state index is 11.0. The summed E-state index contributed by atoms with van der Waals surface area (Å²) in [5.41, 5.74) is 1.67. The van der Waals surface area contributed by atoms with Crippen molar-refractivity contribution in [2.75, 3.05) is 22.5 Å². The maximum Gasteiger partial charge on any atom is 0.221 e. The molecule has 0 saturated heterocycles. The van der Waals surface area contributed by atoms with Gasteiger partial charge in [-0.25, -0.2) is 9.97 Å². The van der Waals surface area contributed by atoms with Crippen LogP contribution in [0.4, 0.5) is 23.0 Å². The number of aromatic nitrogens is 2. The standard InChI is InChI=1S/C18H25N5O/c1-12(2)9-10-19-17-11-18(21-13(3)20-17)23-16-7-5-15(6-8-16)22-14(4)24/h5-8,11-12H,9-10H2,1-4H3,(H,22,24)(H2,19,20,21,23). The molecule has 6 heteroatoms. The lowest BCUT2D eigenvalue weighted by atomic mass is 10.1. The highest BCUT2D eigenvalue weighted by Gasteiger charge is 2.04. The Balaban J connectivity index is 2.03. The van der Waals surface area contributed by atoms with E-state index in [1.807, 2.05) is 37.3 Å². The summed E-state index contributed by atoms with van der Waals surface area (Å²) < 4.78 is 0. The second kappa shape index (κ2) is 8.29. The van der Waals surface area contributed by atoms with Crippen molar-refractivity contribution in [3.05, 3.63) is 36.2 Å². The Labute approximate surface area is 143 Å². The van der Waals surface area contributed by atoms with E-state index < -0.39 is 0 Å². The van der Waals surface area contributed by atoms with Crippen molar-refractivity contribution < 1.29 is 4.79 Å². The van der Waals surface area contributed by atoms with E-state index in [1.54, 1.807) is 0 Å². The van der Waals surface area contributed by atoms with Gasteiger partial charge in [-0.05, 0) is 43.5 Å². The SMILES string of the molecule is CC(=O)Nc1ccc(Nc2cc(NCCC(C)C)nc(C)n2)cc1. The van der Waals surface area contributed by atoms with Gasteiger partial charge in [-0.2, -0.15) is 0 Å². The molecule has 0 bridgehead atoms. The van der Waals surface area contributed by atoms with Gasteiger partial charge in [0.1, 0.15) is 17.5 Å². The molecular formula is C18H25N5O. The average molecular weight is 327 g/mol. The van der Waals surface area contributed by atoms with Crippen molar-refractivity contribution in [2.24, 2.45) is 5.92 Å². The zero-order valence-corrected chi connectivity index (χ0v) is 14.7. The summed E-state index contributed by atoms with van der Waals surface area (Å²) in [5.74, 6) is 2.84. The molecule has 2 rings (SSSR count). The van der Waals surface area contributed by atoms with E-state index in [9.17, 15) is 4.79 Å². The minimum atomic E-state index is -0.0840. The highest BCUT2D eigenvalue weighted by atomic mass is 16.1. The fourth-order valence-corrected chi connectivity index (χ4v) is 2.20. The minimum absolute atomic E-state index is 0.0840. The van der Waals surface area contributed by atoms with Crippen LogP contribution in [-0.4, -0.2) is 22.4 Å². The smallest absolute Gasteiger partial charge is 0.221 e. The van der Waals surface area contributed by atoms with Gasteiger partial charge in [-0.1, -0.05) is 13.8 Å². The fourth-order valence-electron chi connectivity index (χ4n) is 2.20. The third-order valence-electron chi connectivity index (χ3n) is 3.34. The van der Waals surface area contributed by atoms with Gasteiger partial charge in [0.25, 0.3) is 0 Å². The first-order valence-electron chi connectivity index (χ1n) is 8.16. The van der Waals surface area contributed by atoms with Gasteiger partial charge in [-0.15, -0.1) is 0 Å². The molecule has 128 valence electrons. The highest BCUT2D eigenvalue weighted by molar-refractivity contribution is 5.88. The van der Waals surface area contributed by atoms with Gasteiger partial charge in [0, 0.05) is 30.9 Å². The predicted octanol–water partition coefficient (Wildman–Crippen LogP) is 3.95. The Morgan fingerprint density at radius 2 is 1.71 bits per heavy atom. The summed E-state index contributed by atoms with van der Waals surface area (Å²) in [6.07, 6.45) is 1.09. The van der Waals surface area contributed by atoms with Crippen LogP contribution < -0.4 is 16.0 Å². The van der Waals surface area contributed by atoms with Gasteiger partial charge >= 0.3 is 0 Å². The molecule has 1 amide bonds. The maximum atomic E-state index is 11.0. The first-order valence-corrected chi connectivity index (χ1v) is 8.16. The largest absolute Gasteiger partial charge is 0.370 e. The van der Waals surface area contributed by atoms with Crippen LogP contribution in [-0.2, 0) is 4.79 Å². The first kappa shape index (κ1) is 17.7. The van der Waals surface area contributed by atoms with Crippen molar-refractivity contribution in [1.82, 2.24) is 9.97 Å². The van der Waals surface area contributed by atoms with E-state index in [-0.39, 0.29) is 5.91 Å². The molecular weight excluding hydrogens is 302 g/mol. The molecule has 0 unspecified atom stereocenters. The molecule has 0 aliphatic rings. The van der Waals surface area contributed by atoms with Crippen LogP contribution in [0.5, 0.6) is 0 Å². The molecule has 0 atom stereocenters. The molecule has 0 fully saturated rings. The summed E-state index contributed by atoms with van der Waals surface area (Å²) >= 11 is 0. The van der Waals surface area contributed by atoms with Crippen molar-refractivity contribution in [1.29, 1.82) is 0 Å². The van der Waals surface area contributed by atoms with E-state index in [1.165, 1.54) is 6.92 Å². The van der Waals surface area contributed by atoms with Gasteiger partial charge in [-0.3, -0.25) is 4.79 Å². The van der Waals surface area contributed by atoms with Crippen LogP contribution in [0, 0.1) is 12.8 Å². The summed E-state index contributed by atoms with van der Waals surface area (Å²) in [6, 6.07) is 9.39. The van der Waals surface area contributed by atoms with Gasteiger partial charge in [0.15, 0.2) is 0 Å². The number of carbonyl (C=O) groups is 1. The minimum Gasteiger partial charge on any atom is -0.370 e. The second-order valence-electron chi connectivity index (χ2n) is 6.18. The Morgan fingerprint density at radius 1 is 1.08 bits per heavy atom. The summed E-state index contributed by atoms with van der Waals surface area (Å²) in [6.45, 7) is 8.65. The third kappa shape index (κ3) is 5.87. The van der Waals surface area contributed by atoms with Crippen LogP contribution >= 0.6 is 0 Å². The fraction of sp³-hybridized carbons (Fsp3) is 0.389. The van der Waals surface area contributed by atoms with E-state index in [0.29, 0.717) is 11.7 Å². The Hall–Kier alpha value is -2.63. The molecule has 0 aliphatic carbocycles. The third-order valence-corrected chi connectivity index (χ3v) is 3.34. The number of carbonyl (C=O) groups excluding carboxylic acids is 1. The number of hydrogen-bond acceptors (Lipinski definition) is 5. The monoisotopic (exact) mass is 327 g/mol. The van der Waals surface area contributed by atoms with Crippen molar-refractivity contribution in [2.45, 2.75) is 34.1 Å². The normalized spacial score (nSPS) is 10.5. The number of hydrogen-bond donors (Lipinski definition) is 3. The number of anilines is 4. The zero-order valence-electron chi connectivity index (χ0n) is 14.7. The van der Waals surface area contributed by atoms with Crippen molar-refractivity contribution >= 4 is 28.9 Å². The van der Waals surface area contributed by atoms with Crippen LogP contribution in [0.3, 0.4) is 0 Å². The van der Waals surface area contributed by atoms with Gasteiger partial charge in [0.05, 0.1) is 0 Å². The summed E-state index contributed by atoms with van der Waals surface area (Å²) in [4.78, 5) is 19.9. The molecule has 6 nitrogen and oxygen atoms in total. The lowest BCUT2D eigenvalue weighted by molar-refractivity contribution is -0.114. The molecule has 0 saturated carbocycles. The van der Waals surface area contributed by atoms with Crippen LogP contribution in [0.15, 0.2) is 30.3 Å². The first-order chi connectivity index (χ1) is 11.4. The summed E-state index contributed by atoms with van der Waals surface area (Å²) in [7, 11) is 0. The molecule has 2 aromatic rings. The molecule has 1 heterocycles. The van der Waals surface area contributed by atoms with E-state index in [4.69, 9.17) is 0 Å². The summed E-state index contributed by atoms with van der Waals surface area (Å²) in [5, 5.41) is 9.34. The molecule has 1 aromatic carbocycles. The van der Waals surface area contributed by atoms with Crippen molar-refractivity contribution in [3.63, 3.8) is 0 Å². The lowest BCUT2D eigenvalue weighted by Gasteiger charge is -2.11. The zero-order chi connectivity index (χ0) is 17.5. The predicted molar refractivity (Wildman–Crippen MR) is 98.7 cm³/mol. The Bertz CT molecular complexity index is 682. The number of nitrogens with zero attached hydrogens (tertiary/aromatic N) is 2. The van der Waals surface area contributed by atoms with Crippen LogP contribution in [0.25, 0.3) is 0 Å². The average Bonchev–Trinajstić information content (AvgIpc) is 2.48. The second-order valence-corrected chi connectivity index (χ2v) is 6.18. The molecule has 0 aliphatic heterocycles. The Morgan fingerprint density at radius 3 is 2.33 bits per heavy atom. The number of aryl methyl sites for hydroxylation is 1.